The molecule has 2 fully saturated rings. The number of amides is 1. The Morgan fingerprint density at radius 1 is 1.00 bits per heavy atom. The number of benzene rings is 2. The number of rotatable bonds is 4. The molecule has 1 spiro atoms. The number of carbonyl (C=O) groups excluding carboxylic acids is 1. The lowest BCUT2D eigenvalue weighted by atomic mass is 9.94. The first-order chi connectivity index (χ1) is 14.2. The van der Waals surface area contributed by atoms with Crippen LogP contribution in [0.1, 0.15) is 35.3 Å². The summed E-state index contributed by atoms with van der Waals surface area (Å²) in [6.07, 6.45) is 3.45. The third-order valence-electron chi connectivity index (χ3n) is 6.45. The zero-order valence-electron chi connectivity index (χ0n) is 16.5. The Hall–Kier alpha value is -2.50. The summed E-state index contributed by atoms with van der Waals surface area (Å²) in [5, 5.41) is 1.86. The molecule has 0 aliphatic carbocycles. The van der Waals surface area contributed by atoms with E-state index in [0.29, 0.717) is 5.69 Å². The first-order valence-corrected chi connectivity index (χ1v) is 11.2. The maximum atomic E-state index is 12.7. The standard InChI is InChI=1S/C24H25N3OS/c28-23(22-16-29-18-25-22)26-14-12-24(17-26)11-4-13-27(24)15-19-7-9-21(10-8-19)20-5-2-1-3-6-20/h1-3,5-10,16,18H,4,11-15,17H2. The summed E-state index contributed by atoms with van der Waals surface area (Å²) in [6.45, 7) is 3.72. The minimum absolute atomic E-state index is 0.0854. The van der Waals surface area contributed by atoms with E-state index in [2.05, 4.69) is 64.5 Å². The average molecular weight is 404 g/mol. The molecule has 4 nitrogen and oxygen atoms in total. The van der Waals surface area contributed by atoms with Crippen LogP contribution in [0.15, 0.2) is 65.5 Å². The Labute approximate surface area is 175 Å². The molecular weight excluding hydrogens is 378 g/mol. The van der Waals surface area contributed by atoms with E-state index < -0.39 is 0 Å². The van der Waals surface area contributed by atoms with Gasteiger partial charge in [0.25, 0.3) is 5.91 Å². The van der Waals surface area contributed by atoms with Crippen LogP contribution in [-0.4, -0.2) is 45.9 Å². The monoisotopic (exact) mass is 403 g/mol. The molecular formula is C24H25N3OS. The van der Waals surface area contributed by atoms with Crippen LogP contribution in [0.4, 0.5) is 0 Å². The van der Waals surface area contributed by atoms with E-state index in [9.17, 15) is 4.79 Å². The van der Waals surface area contributed by atoms with Crippen LogP contribution in [0, 0.1) is 0 Å². The molecule has 1 atom stereocenters. The smallest absolute Gasteiger partial charge is 0.273 e. The van der Waals surface area contributed by atoms with Gasteiger partial charge in [-0.15, -0.1) is 11.3 Å². The van der Waals surface area contributed by atoms with Crippen molar-refractivity contribution in [2.24, 2.45) is 0 Å². The molecule has 0 saturated carbocycles. The zero-order chi connectivity index (χ0) is 19.7. The highest BCUT2D eigenvalue weighted by molar-refractivity contribution is 7.07. The van der Waals surface area contributed by atoms with Crippen LogP contribution in [0.3, 0.4) is 0 Å². The van der Waals surface area contributed by atoms with Crippen molar-refractivity contribution in [1.82, 2.24) is 14.8 Å². The highest BCUT2D eigenvalue weighted by atomic mass is 32.1. The van der Waals surface area contributed by atoms with Crippen molar-refractivity contribution >= 4 is 17.2 Å². The predicted octanol–water partition coefficient (Wildman–Crippen LogP) is 4.69. The molecule has 3 aromatic rings. The topological polar surface area (TPSA) is 36.4 Å². The lowest BCUT2D eigenvalue weighted by molar-refractivity contribution is 0.0737. The predicted molar refractivity (Wildman–Crippen MR) is 117 cm³/mol. The Kier molecular flexibility index (Phi) is 4.94. The van der Waals surface area contributed by atoms with Crippen LogP contribution in [-0.2, 0) is 6.54 Å². The zero-order valence-corrected chi connectivity index (χ0v) is 17.3. The van der Waals surface area contributed by atoms with Crippen LogP contribution >= 0.6 is 11.3 Å². The highest BCUT2D eigenvalue weighted by Gasteiger charge is 2.47. The summed E-state index contributed by atoms with van der Waals surface area (Å²) in [5.41, 5.74) is 6.31. The normalized spacial score (nSPS) is 21.9. The fourth-order valence-electron chi connectivity index (χ4n) is 4.87. The van der Waals surface area contributed by atoms with Crippen molar-refractivity contribution in [3.63, 3.8) is 0 Å². The summed E-state index contributed by atoms with van der Waals surface area (Å²) >= 11 is 1.48. The van der Waals surface area contributed by atoms with Gasteiger partial charge >= 0.3 is 0 Å². The van der Waals surface area contributed by atoms with Gasteiger partial charge in [-0.25, -0.2) is 4.98 Å². The van der Waals surface area contributed by atoms with Crippen molar-refractivity contribution in [2.75, 3.05) is 19.6 Å². The van der Waals surface area contributed by atoms with Crippen molar-refractivity contribution in [1.29, 1.82) is 0 Å². The Balaban J connectivity index is 1.28. The number of hydrogen-bond donors (Lipinski definition) is 0. The van der Waals surface area contributed by atoms with Crippen LogP contribution in [0.2, 0.25) is 0 Å². The molecule has 2 aliphatic rings. The summed E-state index contributed by atoms with van der Waals surface area (Å²) in [5.74, 6) is 0.0854. The first kappa shape index (κ1) is 18.5. The molecule has 2 aromatic carbocycles. The summed E-state index contributed by atoms with van der Waals surface area (Å²) in [6, 6.07) is 19.5. The molecule has 29 heavy (non-hydrogen) atoms. The third kappa shape index (κ3) is 3.61. The highest BCUT2D eigenvalue weighted by Crippen LogP contribution is 2.39. The number of thiazole rings is 1. The van der Waals surface area contributed by atoms with Gasteiger partial charge in [0, 0.05) is 30.6 Å². The van der Waals surface area contributed by atoms with Gasteiger partial charge in [-0.2, -0.15) is 0 Å². The molecule has 5 heteroatoms. The van der Waals surface area contributed by atoms with E-state index in [4.69, 9.17) is 0 Å². The average Bonchev–Trinajstić information content (AvgIpc) is 3.52. The van der Waals surface area contributed by atoms with Gasteiger partial charge in [0.05, 0.1) is 5.51 Å². The maximum Gasteiger partial charge on any atom is 0.273 e. The largest absolute Gasteiger partial charge is 0.335 e. The second-order valence-electron chi connectivity index (χ2n) is 8.16. The number of hydrogen-bond acceptors (Lipinski definition) is 4. The van der Waals surface area contributed by atoms with Crippen molar-refractivity contribution < 1.29 is 4.79 Å². The quantitative estimate of drug-likeness (QED) is 0.634. The summed E-state index contributed by atoms with van der Waals surface area (Å²) in [7, 11) is 0. The van der Waals surface area contributed by atoms with Crippen LogP contribution in [0.5, 0.6) is 0 Å². The van der Waals surface area contributed by atoms with Gasteiger partial charge in [-0.05, 0) is 42.5 Å². The Morgan fingerprint density at radius 2 is 1.79 bits per heavy atom. The van der Waals surface area contributed by atoms with Gasteiger partial charge in [-0.1, -0.05) is 54.6 Å². The van der Waals surface area contributed by atoms with Crippen LogP contribution < -0.4 is 0 Å². The first-order valence-electron chi connectivity index (χ1n) is 10.3. The van der Waals surface area contributed by atoms with Crippen LogP contribution in [0.25, 0.3) is 11.1 Å². The SMILES string of the molecule is O=C(c1cscn1)N1CCC2(CCCN2Cc2ccc(-c3ccccc3)cc2)C1. The molecule has 0 bridgehead atoms. The molecule has 5 rings (SSSR count). The Bertz CT molecular complexity index is 971. The van der Waals surface area contributed by atoms with E-state index in [1.54, 1.807) is 5.51 Å². The molecule has 148 valence electrons. The minimum Gasteiger partial charge on any atom is -0.335 e. The van der Waals surface area contributed by atoms with Crippen molar-refractivity contribution in [2.45, 2.75) is 31.3 Å². The van der Waals surface area contributed by atoms with E-state index in [1.807, 2.05) is 10.3 Å². The number of carbonyl (C=O) groups is 1. The fraction of sp³-hybridized carbons (Fsp3) is 0.333. The second kappa shape index (κ2) is 7.73. The van der Waals surface area contributed by atoms with E-state index in [1.165, 1.54) is 40.9 Å². The molecule has 1 unspecified atom stereocenters. The molecule has 0 radical (unpaired) electrons. The van der Waals surface area contributed by atoms with E-state index in [-0.39, 0.29) is 11.4 Å². The number of nitrogens with zero attached hydrogens (tertiary/aromatic N) is 3. The number of likely N-dealkylation sites (tertiary alicyclic amines) is 2. The summed E-state index contributed by atoms with van der Waals surface area (Å²) in [4.78, 5) is 21.6. The van der Waals surface area contributed by atoms with E-state index in [0.717, 1.165) is 32.6 Å². The van der Waals surface area contributed by atoms with Gasteiger partial charge in [0.15, 0.2) is 0 Å². The number of aromatic nitrogens is 1. The second-order valence-corrected chi connectivity index (χ2v) is 8.88. The lowest BCUT2D eigenvalue weighted by Gasteiger charge is -2.35. The Morgan fingerprint density at radius 3 is 2.55 bits per heavy atom. The van der Waals surface area contributed by atoms with Gasteiger partial charge in [0.2, 0.25) is 0 Å². The van der Waals surface area contributed by atoms with Crippen molar-refractivity contribution in [3.05, 3.63) is 76.7 Å². The lowest BCUT2D eigenvalue weighted by Crippen LogP contribution is -2.46. The molecule has 3 heterocycles. The molecule has 0 N–H and O–H groups in total. The molecule has 1 aromatic heterocycles. The summed E-state index contributed by atoms with van der Waals surface area (Å²) < 4.78 is 0. The van der Waals surface area contributed by atoms with E-state index >= 15 is 0 Å². The molecule has 2 saturated heterocycles. The maximum absolute atomic E-state index is 12.7. The molecule has 2 aliphatic heterocycles. The van der Waals surface area contributed by atoms with Crippen molar-refractivity contribution in [3.8, 4) is 11.1 Å². The minimum atomic E-state index is 0.0854. The van der Waals surface area contributed by atoms with Gasteiger partial charge in [-0.3, -0.25) is 9.69 Å². The molecule has 1 amide bonds. The third-order valence-corrected chi connectivity index (χ3v) is 7.03. The fourth-order valence-corrected chi connectivity index (χ4v) is 5.39. The van der Waals surface area contributed by atoms with Gasteiger partial charge in [0.1, 0.15) is 5.69 Å². The van der Waals surface area contributed by atoms with Gasteiger partial charge < -0.3 is 4.90 Å².